The first-order valence-corrected chi connectivity index (χ1v) is 9.59. The van der Waals surface area contributed by atoms with E-state index in [0.29, 0.717) is 36.8 Å². The van der Waals surface area contributed by atoms with E-state index in [1.807, 2.05) is 33.8 Å². The highest BCUT2D eigenvalue weighted by atomic mass is 19.1. The van der Waals surface area contributed by atoms with Gasteiger partial charge >= 0.3 is 0 Å². The molecule has 1 atom stereocenters. The Hall–Kier alpha value is -2.30. The Morgan fingerprint density at radius 1 is 1.26 bits per heavy atom. The number of carbonyl (C=O) groups excluding carboxylic acids is 1. The maximum absolute atomic E-state index is 14.5. The van der Waals surface area contributed by atoms with Gasteiger partial charge in [0.25, 0.3) is 0 Å². The lowest BCUT2D eigenvalue weighted by Crippen LogP contribution is -2.26. The van der Waals surface area contributed by atoms with E-state index in [-0.39, 0.29) is 23.2 Å². The molecule has 0 aliphatic carbocycles. The highest BCUT2D eigenvalue weighted by Crippen LogP contribution is 2.37. The van der Waals surface area contributed by atoms with Crippen LogP contribution in [0.3, 0.4) is 0 Å². The molecule has 0 fully saturated rings. The van der Waals surface area contributed by atoms with Gasteiger partial charge in [0.05, 0.1) is 0 Å². The fraction of sp³-hybridized carbons (Fsp3) is 0.455. The molecule has 0 bridgehead atoms. The van der Waals surface area contributed by atoms with Gasteiger partial charge in [0.15, 0.2) is 5.78 Å². The molecule has 1 unspecified atom stereocenters. The normalized spacial score (nSPS) is 15.3. The SMILES string of the molecule is CC.CCCC(=O)c1cc(-c2ccc(C)cc2F)c2c(n1)OC(CF)CC2. The highest BCUT2D eigenvalue weighted by molar-refractivity contribution is 5.96. The van der Waals surface area contributed by atoms with Gasteiger partial charge in [0.1, 0.15) is 24.3 Å². The third-order valence-electron chi connectivity index (χ3n) is 4.43. The zero-order valence-electron chi connectivity index (χ0n) is 16.4. The van der Waals surface area contributed by atoms with Crippen LogP contribution in [-0.4, -0.2) is 23.5 Å². The molecule has 0 saturated carbocycles. The molecular weight excluding hydrogens is 348 g/mol. The molecule has 2 aromatic rings. The van der Waals surface area contributed by atoms with E-state index in [1.165, 1.54) is 6.07 Å². The fourth-order valence-corrected chi connectivity index (χ4v) is 3.09. The third-order valence-corrected chi connectivity index (χ3v) is 4.43. The van der Waals surface area contributed by atoms with Crippen LogP contribution < -0.4 is 4.74 Å². The number of hydrogen-bond acceptors (Lipinski definition) is 3. The number of rotatable bonds is 5. The van der Waals surface area contributed by atoms with Gasteiger partial charge in [0, 0.05) is 17.5 Å². The molecule has 146 valence electrons. The Morgan fingerprint density at radius 3 is 2.63 bits per heavy atom. The Morgan fingerprint density at radius 2 is 2.00 bits per heavy atom. The molecule has 0 saturated heterocycles. The van der Waals surface area contributed by atoms with Crippen LogP contribution in [0.5, 0.6) is 5.88 Å². The van der Waals surface area contributed by atoms with Gasteiger partial charge in [-0.05, 0) is 49.4 Å². The largest absolute Gasteiger partial charge is 0.471 e. The summed E-state index contributed by atoms with van der Waals surface area (Å²) >= 11 is 0. The number of pyridine rings is 1. The predicted octanol–water partition coefficient (Wildman–Crippen LogP) is 5.87. The minimum atomic E-state index is -0.609. The highest BCUT2D eigenvalue weighted by Gasteiger charge is 2.26. The monoisotopic (exact) mass is 375 g/mol. The van der Waals surface area contributed by atoms with Crippen LogP contribution in [0.1, 0.15) is 61.6 Å². The van der Waals surface area contributed by atoms with E-state index in [0.717, 1.165) is 11.1 Å². The topological polar surface area (TPSA) is 39.2 Å². The number of halogens is 2. The van der Waals surface area contributed by atoms with E-state index < -0.39 is 12.8 Å². The number of ketones is 1. The predicted molar refractivity (Wildman–Crippen MR) is 104 cm³/mol. The summed E-state index contributed by atoms with van der Waals surface area (Å²) in [6.07, 6.45) is 1.54. The van der Waals surface area contributed by atoms with Gasteiger partial charge in [-0.25, -0.2) is 13.8 Å². The third kappa shape index (κ3) is 4.71. The average Bonchev–Trinajstić information content (AvgIpc) is 2.68. The molecule has 5 heteroatoms. The molecule has 1 aromatic heterocycles. The quantitative estimate of drug-likeness (QED) is 0.614. The Kier molecular flexibility index (Phi) is 7.45. The first-order valence-electron chi connectivity index (χ1n) is 9.59. The second-order valence-corrected chi connectivity index (χ2v) is 6.43. The van der Waals surface area contributed by atoms with Crippen molar-refractivity contribution in [2.24, 2.45) is 0 Å². The summed E-state index contributed by atoms with van der Waals surface area (Å²) in [6, 6.07) is 6.63. The lowest BCUT2D eigenvalue weighted by molar-refractivity contribution is 0.0971. The van der Waals surface area contributed by atoms with Crippen LogP contribution in [0.25, 0.3) is 11.1 Å². The number of hydrogen-bond donors (Lipinski definition) is 0. The van der Waals surface area contributed by atoms with Crippen LogP contribution in [0.15, 0.2) is 24.3 Å². The maximum Gasteiger partial charge on any atom is 0.218 e. The molecule has 2 heterocycles. The molecule has 1 aliphatic rings. The van der Waals surface area contributed by atoms with Crippen LogP contribution >= 0.6 is 0 Å². The second-order valence-electron chi connectivity index (χ2n) is 6.43. The molecule has 3 nitrogen and oxygen atoms in total. The lowest BCUT2D eigenvalue weighted by Gasteiger charge is -2.25. The number of nitrogens with zero attached hydrogens (tertiary/aromatic N) is 1. The summed E-state index contributed by atoms with van der Waals surface area (Å²) in [5, 5.41) is 0. The van der Waals surface area contributed by atoms with Gasteiger partial charge in [-0.15, -0.1) is 0 Å². The number of carbonyl (C=O) groups is 1. The van der Waals surface area contributed by atoms with Crippen molar-refractivity contribution in [2.75, 3.05) is 6.67 Å². The standard InChI is InChI=1S/C20H21F2NO2.C2H6/c1-3-4-19(24)18-10-16(14-7-5-12(2)9-17(14)22)15-8-6-13(11-21)25-20(15)23-18;1-2/h5,7,9-10,13H,3-4,6,8,11H2,1-2H3;1-2H3. The number of Topliss-reactive ketones (excluding diaryl/α,β-unsaturated/α-hetero) is 1. The number of aromatic nitrogens is 1. The van der Waals surface area contributed by atoms with Gasteiger partial charge in [-0.2, -0.15) is 0 Å². The summed E-state index contributed by atoms with van der Waals surface area (Å²) in [5.41, 5.74) is 2.83. The summed E-state index contributed by atoms with van der Waals surface area (Å²) in [6.45, 7) is 7.12. The van der Waals surface area contributed by atoms with Gasteiger partial charge in [-0.1, -0.05) is 32.9 Å². The van der Waals surface area contributed by atoms with Crippen LogP contribution in [0.4, 0.5) is 8.78 Å². The molecule has 0 amide bonds. The Bertz CT molecular complexity index is 805. The van der Waals surface area contributed by atoms with Crippen molar-refractivity contribution in [2.45, 2.75) is 59.5 Å². The number of alkyl halides is 1. The zero-order chi connectivity index (χ0) is 20.0. The first kappa shape index (κ1) is 21.0. The average molecular weight is 375 g/mol. The fourth-order valence-electron chi connectivity index (χ4n) is 3.09. The number of benzene rings is 1. The molecular formula is C22H27F2NO2. The first-order chi connectivity index (χ1) is 13.0. The minimum absolute atomic E-state index is 0.120. The second kappa shape index (κ2) is 9.58. The van der Waals surface area contributed by atoms with E-state index in [4.69, 9.17) is 4.74 Å². The van der Waals surface area contributed by atoms with E-state index >= 15 is 0 Å². The van der Waals surface area contributed by atoms with E-state index in [1.54, 1.807) is 12.1 Å². The van der Waals surface area contributed by atoms with Gasteiger partial charge < -0.3 is 4.74 Å². The van der Waals surface area contributed by atoms with E-state index in [2.05, 4.69) is 4.98 Å². The summed E-state index contributed by atoms with van der Waals surface area (Å²) in [4.78, 5) is 16.6. The molecule has 1 aliphatic heterocycles. The van der Waals surface area contributed by atoms with Crippen LogP contribution in [-0.2, 0) is 6.42 Å². The van der Waals surface area contributed by atoms with Crippen molar-refractivity contribution < 1.29 is 18.3 Å². The summed E-state index contributed by atoms with van der Waals surface area (Å²) < 4.78 is 33.1. The summed E-state index contributed by atoms with van der Waals surface area (Å²) in [5.74, 6) is -0.217. The minimum Gasteiger partial charge on any atom is -0.471 e. The number of aryl methyl sites for hydroxylation is 1. The van der Waals surface area contributed by atoms with Gasteiger partial charge in [-0.3, -0.25) is 4.79 Å². The van der Waals surface area contributed by atoms with Crippen molar-refractivity contribution in [1.82, 2.24) is 4.98 Å². The van der Waals surface area contributed by atoms with Crippen molar-refractivity contribution in [3.63, 3.8) is 0 Å². The van der Waals surface area contributed by atoms with E-state index in [9.17, 15) is 13.6 Å². The smallest absolute Gasteiger partial charge is 0.218 e. The van der Waals surface area contributed by atoms with Crippen molar-refractivity contribution in [3.05, 3.63) is 46.9 Å². The molecule has 27 heavy (non-hydrogen) atoms. The van der Waals surface area contributed by atoms with Crippen molar-refractivity contribution >= 4 is 5.78 Å². The number of fused-ring (bicyclic) bond motifs is 1. The van der Waals surface area contributed by atoms with Gasteiger partial charge in [0.2, 0.25) is 5.88 Å². The molecule has 0 spiro atoms. The van der Waals surface area contributed by atoms with Crippen LogP contribution in [0, 0.1) is 12.7 Å². The van der Waals surface area contributed by atoms with Crippen molar-refractivity contribution in [3.8, 4) is 17.0 Å². The van der Waals surface area contributed by atoms with Crippen LogP contribution in [0.2, 0.25) is 0 Å². The van der Waals surface area contributed by atoms with Crippen molar-refractivity contribution in [1.29, 1.82) is 0 Å². The maximum atomic E-state index is 14.5. The molecule has 1 aromatic carbocycles. The Balaban J connectivity index is 0.00000126. The zero-order valence-corrected chi connectivity index (χ0v) is 16.4. The molecule has 0 radical (unpaired) electrons. The number of ether oxygens (including phenoxy) is 1. The summed E-state index contributed by atoms with van der Waals surface area (Å²) in [7, 11) is 0. The Labute approximate surface area is 159 Å². The molecule has 3 rings (SSSR count). The molecule has 0 N–H and O–H groups in total. The lowest BCUT2D eigenvalue weighted by atomic mass is 9.93.